The monoisotopic (exact) mass is 464 g/mol. The van der Waals surface area contributed by atoms with Gasteiger partial charge in [0.05, 0.1) is 11.1 Å². The quantitative estimate of drug-likeness (QED) is 0.299. The van der Waals surface area contributed by atoms with E-state index in [0.29, 0.717) is 17.9 Å². The molecule has 0 saturated carbocycles. The summed E-state index contributed by atoms with van der Waals surface area (Å²) >= 11 is 7.18. The molecule has 0 aliphatic rings. The summed E-state index contributed by atoms with van der Waals surface area (Å²) < 4.78 is 0. The van der Waals surface area contributed by atoms with Crippen molar-refractivity contribution < 1.29 is 19.8 Å². The molecule has 6 heteroatoms. The molecule has 2 atom stereocenters. The predicted molar refractivity (Wildman–Crippen MR) is 127 cm³/mol. The third-order valence-corrected chi connectivity index (χ3v) is 7.07. The number of hydrogen-bond donors (Lipinski definition) is 2. The third-order valence-electron chi connectivity index (χ3n) is 5.48. The highest BCUT2D eigenvalue weighted by Crippen LogP contribution is 2.28. The molecular weight excluding hydrogens is 432 g/mol. The summed E-state index contributed by atoms with van der Waals surface area (Å²) in [6.07, 6.45) is 7.17. The molecule has 0 aliphatic carbocycles. The van der Waals surface area contributed by atoms with Gasteiger partial charge in [0.15, 0.2) is 0 Å². The lowest BCUT2D eigenvalue weighted by Crippen LogP contribution is -2.09. The first-order valence-electron chi connectivity index (χ1n) is 11.1. The number of halogens is 1. The van der Waals surface area contributed by atoms with Crippen LogP contribution in [0.25, 0.3) is 0 Å². The van der Waals surface area contributed by atoms with Crippen molar-refractivity contribution >= 4 is 34.7 Å². The van der Waals surface area contributed by atoms with Crippen LogP contribution in [0.1, 0.15) is 90.6 Å². The number of benzene rings is 1. The molecule has 1 aromatic heterocycles. The molecule has 31 heavy (non-hydrogen) atoms. The van der Waals surface area contributed by atoms with Gasteiger partial charge in [-0.3, -0.25) is 4.79 Å². The highest BCUT2D eigenvalue weighted by atomic mass is 35.5. The Balaban J connectivity index is 1.72. The number of unbranched alkanes of at least 4 members (excludes halogenated alkanes) is 2. The van der Waals surface area contributed by atoms with Crippen molar-refractivity contribution in [1.29, 1.82) is 0 Å². The highest BCUT2D eigenvalue weighted by molar-refractivity contribution is 7.14. The van der Waals surface area contributed by atoms with Gasteiger partial charge in [0.2, 0.25) is 0 Å². The van der Waals surface area contributed by atoms with E-state index in [2.05, 4.69) is 13.8 Å². The number of hydrogen-bond acceptors (Lipinski definition) is 4. The van der Waals surface area contributed by atoms with Gasteiger partial charge in [-0.25, -0.2) is 4.79 Å². The molecule has 0 bridgehead atoms. The molecule has 0 saturated heterocycles. The number of aliphatic hydroxyl groups is 1. The molecule has 2 aromatic rings. The average molecular weight is 465 g/mol. The van der Waals surface area contributed by atoms with Crippen molar-refractivity contribution in [2.75, 3.05) is 0 Å². The first-order valence-corrected chi connectivity index (χ1v) is 12.3. The first kappa shape index (κ1) is 25.6. The minimum Gasteiger partial charge on any atom is -0.477 e. The number of aryl methyl sites for hydroxylation is 1. The molecule has 1 unspecified atom stereocenters. The normalized spacial score (nSPS) is 13.2. The Morgan fingerprint density at radius 1 is 1.10 bits per heavy atom. The molecule has 170 valence electrons. The SMILES string of the molecule is CCCCCC(O)c1ccc(CC(=O)C[C@@H](C)CCCc2cc(Cl)c(C(=O)O)s2)cc1. The van der Waals surface area contributed by atoms with E-state index in [4.69, 9.17) is 16.7 Å². The number of carboxylic acids is 1. The number of aromatic carboxylic acids is 1. The van der Waals surface area contributed by atoms with Gasteiger partial charge in [-0.2, -0.15) is 0 Å². The zero-order valence-electron chi connectivity index (χ0n) is 18.4. The van der Waals surface area contributed by atoms with Gasteiger partial charge >= 0.3 is 5.97 Å². The van der Waals surface area contributed by atoms with E-state index in [9.17, 15) is 14.7 Å². The smallest absolute Gasteiger partial charge is 0.347 e. The van der Waals surface area contributed by atoms with Crippen LogP contribution in [0.5, 0.6) is 0 Å². The standard InChI is InChI=1S/C25H33ClO4S/c1-3-4-5-9-23(28)19-12-10-18(11-13-19)15-20(27)14-17(2)7-6-8-21-16-22(26)24(31-21)25(29)30/h10-13,16-17,23,28H,3-9,14-15H2,1-2H3,(H,29,30)/t17-,23?/m0/s1. The minimum absolute atomic E-state index is 0.194. The first-order chi connectivity index (χ1) is 14.8. The van der Waals surface area contributed by atoms with Crippen molar-refractivity contribution in [1.82, 2.24) is 0 Å². The Morgan fingerprint density at radius 2 is 1.81 bits per heavy atom. The number of carbonyl (C=O) groups is 2. The van der Waals surface area contributed by atoms with E-state index in [1.807, 2.05) is 24.3 Å². The summed E-state index contributed by atoms with van der Waals surface area (Å²) in [4.78, 5) is 24.7. The molecule has 0 radical (unpaired) electrons. The minimum atomic E-state index is -0.987. The zero-order chi connectivity index (χ0) is 22.8. The second-order valence-electron chi connectivity index (χ2n) is 8.37. The lowest BCUT2D eigenvalue weighted by molar-refractivity contribution is -0.119. The maximum atomic E-state index is 12.4. The number of carbonyl (C=O) groups excluding carboxylic acids is 1. The van der Waals surface area contributed by atoms with Crippen LogP contribution in [-0.2, 0) is 17.6 Å². The molecule has 1 heterocycles. The summed E-state index contributed by atoms with van der Waals surface area (Å²) in [7, 11) is 0. The number of aliphatic hydroxyl groups excluding tert-OH is 1. The van der Waals surface area contributed by atoms with Gasteiger partial charge < -0.3 is 10.2 Å². The summed E-state index contributed by atoms with van der Waals surface area (Å²) in [6.45, 7) is 4.23. The molecule has 0 fully saturated rings. The number of carboxylic acid groups (broad SMARTS) is 1. The van der Waals surface area contributed by atoms with E-state index in [-0.39, 0.29) is 16.6 Å². The molecule has 2 rings (SSSR count). The molecule has 1 aromatic carbocycles. The van der Waals surface area contributed by atoms with E-state index in [1.165, 1.54) is 11.3 Å². The summed E-state index contributed by atoms with van der Waals surface area (Å²) in [5.74, 6) is -0.489. The molecule has 4 nitrogen and oxygen atoms in total. The lowest BCUT2D eigenvalue weighted by atomic mass is 9.94. The van der Waals surface area contributed by atoms with Gasteiger partial charge in [0.1, 0.15) is 10.7 Å². The van der Waals surface area contributed by atoms with Crippen LogP contribution in [0, 0.1) is 5.92 Å². The van der Waals surface area contributed by atoms with Crippen molar-refractivity contribution in [2.24, 2.45) is 5.92 Å². The fourth-order valence-electron chi connectivity index (χ4n) is 3.71. The van der Waals surface area contributed by atoms with Crippen molar-refractivity contribution in [3.8, 4) is 0 Å². The maximum absolute atomic E-state index is 12.4. The predicted octanol–water partition coefficient (Wildman–Crippen LogP) is 6.87. The second-order valence-corrected chi connectivity index (χ2v) is 9.91. The Hall–Kier alpha value is -1.69. The summed E-state index contributed by atoms with van der Waals surface area (Å²) in [5, 5.41) is 19.6. The topological polar surface area (TPSA) is 74.6 Å². The molecule has 2 N–H and O–H groups in total. The Labute approximate surface area is 194 Å². The highest BCUT2D eigenvalue weighted by Gasteiger charge is 2.15. The van der Waals surface area contributed by atoms with Crippen LogP contribution < -0.4 is 0 Å². The average Bonchev–Trinajstić information content (AvgIpc) is 3.09. The van der Waals surface area contributed by atoms with Gasteiger partial charge in [0, 0.05) is 17.7 Å². The number of Topliss-reactive ketones (excluding diaryl/α,β-unsaturated/α-hetero) is 1. The van der Waals surface area contributed by atoms with Gasteiger partial charge in [-0.15, -0.1) is 11.3 Å². The largest absolute Gasteiger partial charge is 0.477 e. The van der Waals surface area contributed by atoms with Crippen LogP contribution in [-0.4, -0.2) is 22.0 Å². The number of thiophene rings is 1. The van der Waals surface area contributed by atoms with Crippen molar-refractivity contribution in [3.63, 3.8) is 0 Å². The number of rotatable bonds is 14. The van der Waals surface area contributed by atoms with Gasteiger partial charge in [-0.1, -0.05) is 69.0 Å². The Morgan fingerprint density at radius 3 is 2.42 bits per heavy atom. The van der Waals surface area contributed by atoms with Crippen LogP contribution in [0.4, 0.5) is 0 Å². The molecular formula is C25H33ClO4S. The summed E-state index contributed by atoms with van der Waals surface area (Å²) in [6, 6.07) is 9.49. The van der Waals surface area contributed by atoms with Crippen LogP contribution in [0.3, 0.4) is 0 Å². The lowest BCUT2D eigenvalue weighted by Gasteiger charge is -2.12. The second kappa shape index (κ2) is 13.0. The third kappa shape index (κ3) is 8.76. The van der Waals surface area contributed by atoms with Crippen LogP contribution in [0.2, 0.25) is 5.02 Å². The summed E-state index contributed by atoms with van der Waals surface area (Å²) in [5.41, 5.74) is 1.90. The Kier molecular flexibility index (Phi) is 10.7. The fourth-order valence-corrected chi connectivity index (χ4v) is 5.03. The number of ketones is 1. The van der Waals surface area contributed by atoms with E-state index in [0.717, 1.165) is 60.9 Å². The van der Waals surface area contributed by atoms with E-state index >= 15 is 0 Å². The maximum Gasteiger partial charge on any atom is 0.347 e. The van der Waals surface area contributed by atoms with E-state index in [1.54, 1.807) is 6.07 Å². The molecule has 0 amide bonds. The van der Waals surface area contributed by atoms with Crippen molar-refractivity contribution in [2.45, 2.75) is 77.7 Å². The Bertz CT molecular complexity index is 844. The van der Waals surface area contributed by atoms with Gasteiger partial charge in [0.25, 0.3) is 0 Å². The zero-order valence-corrected chi connectivity index (χ0v) is 20.0. The van der Waals surface area contributed by atoms with Gasteiger partial charge in [-0.05, 0) is 48.8 Å². The molecule has 0 aliphatic heterocycles. The van der Waals surface area contributed by atoms with Crippen LogP contribution in [0.15, 0.2) is 30.3 Å². The van der Waals surface area contributed by atoms with Crippen molar-refractivity contribution in [3.05, 3.63) is 56.2 Å². The van der Waals surface area contributed by atoms with E-state index < -0.39 is 12.1 Å². The molecule has 0 spiro atoms. The fraction of sp³-hybridized carbons (Fsp3) is 0.520. The van der Waals surface area contributed by atoms with Crippen LogP contribution >= 0.6 is 22.9 Å².